The van der Waals surface area contributed by atoms with E-state index in [1.54, 1.807) is 0 Å². The van der Waals surface area contributed by atoms with Gasteiger partial charge in [0.15, 0.2) is 8.16 Å². The molecule has 0 aliphatic carbocycles. The quantitative estimate of drug-likeness (QED) is 0.504. The lowest BCUT2D eigenvalue weighted by molar-refractivity contribution is 0.514. The Morgan fingerprint density at radius 2 is 0.792 bits per heavy atom. The maximum absolute atomic E-state index is 8.93. The standard InChI is InChI=1S/C16H6O4S4/c17-5-1-15(2-6-18)21-11-9-13-14(10-12(11)22-15)24-16(23-13,3-7-19)4-8-20/h9-10,17-20H. The maximum atomic E-state index is 8.93. The van der Waals surface area contributed by atoms with Crippen molar-refractivity contribution in [2.75, 3.05) is 0 Å². The van der Waals surface area contributed by atoms with Gasteiger partial charge in [-0.3, -0.25) is 0 Å². The van der Waals surface area contributed by atoms with Gasteiger partial charge in [-0.1, -0.05) is 47.0 Å². The van der Waals surface area contributed by atoms with Gasteiger partial charge in [0, 0.05) is 19.6 Å². The third-order valence-corrected chi connectivity index (χ3v) is 8.36. The minimum atomic E-state index is -0.955. The van der Waals surface area contributed by atoms with Crippen molar-refractivity contribution < 1.29 is 20.4 Å². The summed E-state index contributed by atoms with van der Waals surface area (Å²) in [4.78, 5) is 3.62. The number of hydrogen-bond acceptors (Lipinski definition) is 8. The van der Waals surface area contributed by atoms with Crippen LogP contribution in [-0.2, 0) is 0 Å². The van der Waals surface area contributed by atoms with Crippen molar-refractivity contribution in [1.82, 2.24) is 0 Å². The average molecular weight is 390 g/mol. The van der Waals surface area contributed by atoms with Gasteiger partial charge in [0.05, 0.1) is 0 Å². The molecule has 1 aromatic carbocycles. The second kappa shape index (κ2) is 6.52. The highest BCUT2D eigenvalue weighted by Crippen LogP contribution is 2.62. The number of aliphatic hydroxyl groups excluding tert-OH is 4. The molecule has 2 aliphatic rings. The first kappa shape index (κ1) is 16.9. The summed E-state index contributed by atoms with van der Waals surface area (Å²) in [5, 5.41) is 35.7. The van der Waals surface area contributed by atoms with E-state index in [1.807, 2.05) is 36.6 Å². The number of fused-ring (bicyclic) bond motifs is 2. The van der Waals surface area contributed by atoms with E-state index in [2.05, 4.69) is 23.7 Å². The molecular weight excluding hydrogens is 384 g/mol. The average Bonchev–Trinajstić information content (AvgIpc) is 3.02. The van der Waals surface area contributed by atoms with Gasteiger partial charge >= 0.3 is 0 Å². The molecule has 8 heteroatoms. The fraction of sp³-hybridized carbons (Fsp3) is 0.125. The maximum Gasteiger partial charge on any atom is 0.198 e. The second-order valence-corrected chi connectivity index (χ2v) is 9.88. The Morgan fingerprint density at radius 3 is 1.00 bits per heavy atom. The second-order valence-electron chi connectivity index (χ2n) is 4.33. The summed E-state index contributed by atoms with van der Waals surface area (Å²) in [6.07, 6.45) is 7.46. The van der Waals surface area contributed by atoms with Gasteiger partial charge in [-0.2, -0.15) is 0 Å². The first-order valence-electron chi connectivity index (χ1n) is 6.18. The normalized spacial score (nSPS) is 17.3. The van der Waals surface area contributed by atoms with Gasteiger partial charge in [0.1, 0.15) is 24.4 Å². The van der Waals surface area contributed by atoms with Gasteiger partial charge in [-0.15, -0.1) is 0 Å². The lowest BCUT2D eigenvalue weighted by Gasteiger charge is -2.11. The first-order valence-corrected chi connectivity index (χ1v) is 9.45. The molecule has 4 nitrogen and oxygen atoms in total. The summed E-state index contributed by atoms with van der Waals surface area (Å²) in [7, 11) is 0. The predicted octanol–water partition coefficient (Wildman–Crippen LogP) is 2.81. The molecule has 0 saturated carbocycles. The van der Waals surface area contributed by atoms with Gasteiger partial charge in [0.2, 0.25) is 0 Å². The molecular formula is C16H6O4S4. The van der Waals surface area contributed by atoms with Crippen LogP contribution in [-0.4, -0.2) is 28.6 Å². The highest BCUT2D eigenvalue weighted by atomic mass is 32.2. The van der Waals surface area contributed by atoms with Gasteiger partial charge in [0.25, 0.3) is 0 Å². The van der Waals surface area contributed by atoms with E-state index in [0.29, 0.717) is 0 Å². The number of aliphatic hydroxyl groups is 4. The fourth-order valence-corrected chi connectivity index (χ4v) is 7.48. The largest absolute Gasteiger partial charge is 0.462 e. The number of rotatable bonds is 0. The Balaban J connectivity index is 1.99. The van der Waals surface area contributed by atoms with Crippen LogP contribution in [0.2, 0.25) is 0 Å². The van der Waals surface area contributed by atoms with Crippen LogP contribution in [0.3, 0.4) is 0 Å². The first-order chi connectivity index (χ1) is 11.6. The highest BCUT2D eigenvalue weighted by Gasteiger charge is 2.42. The molecule has 24 heavy (non-hydrogen) atoms. The van der Waals surface area contributed by atoms with Crippen molar-refractivity contribution in [3.05, 3.63) is 12.1 Å². The molecule has 0 radical (unpaired) electrons. The lowest BCUT2D eigenvalue weighted by Crippen LogP contribution is -2.11. The molecule has 0 saturated heterocycles. The van der Waals surface area contributed by atoms with Crippen LogP contribution in [0.25, 0.3) is 0 Å². The van der Waals surface area contributed by atoms with Crippen molar-refractivity contribution in [2.45, 2.75) is 27.7 Å². The van der Waals surface area contributed by atoms with E-state index < -0.39 is 8.16 Å². The molecule has 0 atom stereocenters. The van der Waals surface area contributed by atoms with Crippen LogP contribution in [0.1, 0.15) is 0 Å². The molecule has 0 unspecified atom stereocenters. The van der Waals surface area contributed by atoms with Crippen molar-refractivity contribution in [1.29, 1.82) is 0 Å². The summed E-state index contributed by atoms with van der Waals surface area (Å²) in [6.45, 7) is 0. The zero-order valence-electron chi connectivity index (χ0n) is 11.6. The zero-order chi connectivity index (χ0) is 17.2. The molecule has 1 aromatic rings. The van der Waals surface area contributed by atoms with E-state index in [4.69, 9.17) is 20.4 Å². The van der Waals surface area contributed by atoms with Gasteiger partial charge in [-0.05, 0) is 35.8 Å². The summed E-state index contributed by atoms with van der Waals surface area (Å²) in [6, 6.07) is 3.86. The SMILES string of the molecule is OC#CC1(C#CO)Sc2cc3c(cc2S1)SC(C#CO)(C#CO)S3. The van der Waals surface area contributed by atoms with Gasteiger partial charge in [-0.25, -0.2) is 0 Å². The van der Waals surface area contributed by atoms with Crippen molar-refractivity contribution in [3.8, 4) is 48.1 Å². The predicted molar refractivity (Wildman–Crippen MR) is 94.2 cm³/mol. The van der Waals surface area contributed by atoms with Crippen molar-refractivity contribution in [3.63, 3.8) is 0 Å². The summed E-state index contributed by atoms with van der Waals surface area (Å²) >= 11 is 5.31. The van der Waals surface area contributed by atoms with Crippen LogP contribution >= 0.6 is 47.0 Å². The number of benzene rings is 1. The molecule has 0 bridgehead atoms. The lowest BCUT2D eigenvalue weighted by atomic mass is 10.3. The monoisotopic (exact) mass is 390 g/mol. The Labute approximate surface area is 155 Å². The van der Waals surface area contributed by atoms with E-state index in [0.717, 1.165) is 19.6 Å². The van der Waals surface area contributed by atoms with Crippen LogP contribution < -0.4 is 0 Å². The molecule has 0 amide bonds. The minimum absolute atomic E-state index is 0.905. The Hall–Kier alpha value is -1.94. The van der Waals surface area contributed by atoms with Crippen molar-refractivity contribution in [2.24, 2.45) is 0 Å². The Kier molecular flexibility index (Phi) is 4.59. The third-order valence-electron chi connectivity index (χ3n) is 2.91. The van der Waals surface area contributed by atoms with Crippen LogP contribution in [0.4, 0.5) is 0 Å². The zero-order valence-corrected chi connectivity index (χ0v) is 14.8. The van der Waals surface area contributed by atoms with E-state index >= 15 is 0 Å². The van der Waals surface area contributed by atoms with E-state index in [-0.39, 0.29) is 0 Å². The summed E-state index contributed by atoms with van der Waals surface area (Å²) in [5.41, 5.74) is 0. The molecule has 0 aromatic heterocycles. The van der Waals surface area contributed by atoms with E-state index in [1.165, 1.54) is 47.0 Å². The molecule has 118 valence electrons. The summed E-state index contributed by atoms with van der Waals surface area (Å²) in [5.74, 6) is 10.4. The smallest absolute Gasteiger partial charge is 0.198 e. The Bertz CT molecular complexity index is 803. The van der Waals surface area contributed by atoms with Crippen LogP contribution in [0.5, 0.6) is 0 Å². The number of thioether (sulfide) groups is 4. The summed E-state index contributed by atoms with van der Waals surface area (Å²) < 4.78 is -1.91. The van der Waals surface area contributed by atoms with Crippen LogP contribution in [0, 0.1) is 48.1 Å². The Morgan fingerprint density at radius 1 is 0.542 bits per heavy atom. The molecule has 2 aliphatic heterocycles. The highest BCUT2D eigenvalue weighted by molar-refractivity contribution is 8.22. The van der Waals surface area contributed by atoms with E-state index in [9.17, 15) is 0 Å². The molecule has 0 fully saturated rings. The molecule has 2 heterocycles. The van der Waals surface area contributed by atoms with Crippen LogP contribution in [0.15, 0.2) is 31.7 Å². The minimum Gasteiger partial charge on any atom is -0.462 e. The number of hydrogen-bond donors (Lipinski definition) is 4. The topological polar surface area (TPSA) is 80.9 Å². The molecule has 0 spiro atoms. The van der Waals surface area contributed by atoms with Gasteiger partial charge < -0.3 is 20.4 Å². The third kappa shape index (κ3) is 2.91. The molecule has 3 rings (SSSR count). The van der Waals surface area contributed by atoms with Crippen molar-refractivity contribution >= 4 is 47.0 Å². The molecule has 4 N–H and O–H groups in total. The fourth-order valence-electron chi connectivity index (χ4n) is 2.06.